The minimum atomic E-state index is -4.51. The fourth-order valence-electron chi connectivity index (χ4n) is 3.36. The minimum absolute atomic E-state index is 0.0397. The molecule has 0 saturated carbocycles. The van der Waals surface area contributed by atoms with E-state index < -0.39 is 17.6 Å². The molecule has 2 N–H and O–H groups in total. The number of carbonyl (C=O) groups excluding carboxylic acids is 1. The Morgan fingerprint density at radius 1 is 0.943 bits per heavy atom. The number of alkyl halides is 3. The van der Waals surface area contributed by atoms with Gasteiger partial charge in [-0.1, -0.05) is 12.1 Å². The summed E-state index contributed by atoms with van der Waals surface area (Å²) in [5, 5.41) is 5.49. The van der Waals surface area contributed by atoms with Crippen LogP contribution in [0.15, 0.2) is 79.1 Å². The molecule has 4 aromatic rings. The smallest absolute Gasteiger partial charge is 0.416 e. The predicted molar refractivity (Wildman–Crippen MR) is 128 cm³/mol. The maximum atomic E-state index is 13.0. The number of nitrogens with zero attached hydrogens (tertiary/aromatic N) is 2. The number of amides is 1. The monoisotopic (exact) mass is 478 g/mol. The van der Waals surface area contributed by atoms with Crippen LogP contribution in [-0.4, -0.2) is 22.9 Å². The SMILES string of the molecule is CNc1cc(-c2cccnc2Oc2cc(C(=O)Nc3cccc(C(F)(F)F)c3)ccc2C)ccn1. The van der Waals surface area contributed by atoms with E-state index in [2.05, 4.69) is 20.6 Å². The Kier molecular flexibility index (Phi) is 6.68. The van der Waals surface area contributed by atoms with Gasteiger partial charge in [-0.3, -0.25) is 4.79 Å². The Bertz CT molecular complexity index is 1370. The lowest BCUT2D eigenvalue weighted by Crippen LogP contribution is -2.13. The Morgan fingerprint density at radius 2 is 1.77 bits per heavy atom. The Hall–Kier alpha value is -4.40. The number of carbonyl (C=O) groups is 1. The van der Waals surface area contributed by atoms with Gasteiger partial charge in [-0.2, -0.15) is 13.2 Å². The molecule has 0 fully saturated rings. The summed E-state index contributed by atoms with van der Waals surface area (Å²) in [7, 11) is 1.77. The second-order valence-corrected chi connectivity index (χ2v) is 7.65. The van der Waals surface area contributed by atoms with Crippen LogP contribution in [-0.2, 0) is 6.18 Å². The third-order valence-electron chi connectivity index (χ3n) is 5.20. The van der Waals surface area contributed by atoms with E-state index in [-0.39, 0.29) is 11.3 Å². The molecule has 0 atom stereocenters. The van der Waals surface area contributed by atoms with Gasteiger partial charge in [0.15, 0.2) is 0 Å². The number of rotatable bonds is 6. The maximum Gasteiger partial charge on any atom is 0.416 e. The number of aromatic nitrogens is 2. The summed E-state index contributed by atoms with van der Waals surface area (Å²) in [4.78, 5) is 21.3. The van der Waals surface area contributed by atoms with Crippen molar-refractivity contribution in [2.24, 2.45) is 0 Å². The van der Waals surface area contributed by atoms with Crippen LogP contribution in [0.1, 0.15) is 21.5 Å². The van der Waals surface area contributed by atoms with Crippen molar-refractivity contribution in [3.63, 3.8) is 0 Å². The second-order valence-electron chi connectivity index (χ2n) is 7.65. The van der Waals surface area contributed by atoms with Gasteiger partial charge in [-0.05, 0) is 72.6 Å². The molecule has 0 aliphatic carbocycles. The van der Waals surface area contributed by atoms with E-state index >= 15 is 0 Å². The van der Waals surface area contributed by atoms with Crippen LogP contribution in [0.25, 0.3) is 11.1 Å². The first kappa shape index (κ1) is 23.7. The first-order valence-corrected chi connectivity index (χ1v) is 10.6. The maximum absolute atomic E-state index is 13.0. The average Bonchev–Trinajstić information content (AvgIpc) is 2.85. The van der Waals surface area contributed by atoms with E-state index in [0.717, 1.165) is 28.8 Å². The van der Waals surface area contributed by atoms with Crippen molar-refractivity contribution >= 4 is 17.4 Å². The molecular weight excluding hydrogens is 457 g/mol. The summed E-state index contributed by atoms with van der Waals surface area (Å²) >= 11 is 0. The summed E-state index contributed by atoms with van der Waals surface area (Å²) in [6.45, 7) is 1.82. The first-order chi connectivity index (χ1) is 16.7. The highest BCUT2D eigenvalue weighted by molar-refractivity contribution is 6.04. The Balaban J connectivity index is 1.60. The van der Waals surface area contributed by atoms with Crippen LogP contribution in [0.5, 0.6) is 11.6 Å². The van der Waals surface area contributed by atoms with Crippen molar-refractivity contribution in [3.8, 4) is 22.8 Å². The van der Waals surface area contributed by atoms with E-state index in [1.54, 1.807) is 37.6 Å². The molecule has 178 valence electrons. The molecule has 2 aromatic carbocycles. The molecule has 35 heavy (non-hydrogen) atoms. The van der Waals surface area contributed by atoms with Gasteiger partial charge in [0, 0.05) is 36.3 Å². The van der Waals surface area contributed by atoms with Gasteiger partial charge >= 0.3 is 6.18 Å². The van der Waals surface area contributed by atoms with Crippen molar-refractivity contribution in [1.82, 2.24) is 9.97 Å². The van der Waals surface area contributed by atoms with Crippen LogP contribution >= 0.6 is 0 Å². The molecule has 6 nitrogen and oxygen atoms in total. The third kappa shape index (κ3) is 5.57. The molecule has 0 aliphatic rings. The van der Waals surface area contributed by atoms with Crippen molar-refractivity contribution in [3.05, 3.63) is 95.8 Å². The lowest BCUT2D eigenvalue weighted by atomic mass is 10.1. The molecule has 0 bridgehead atoms. The highest BCUT2D eigenvalue weighted by atomic mass is 19.4. The lowest BCUT2D eigenvalue weighted by Gasteiger charge is -2.14. The van der Waals surface area contributed by atoms with Gasteiger partial charge in [-0.25, -0.2) is 9.97 Å². The van der Waals surface area contributed by atoms with E-state index in [0.29, 0.717) is 17.4 Å². The summed E-state index contributed by atoms with van der Waals surface area (Å²) in [5.74, 6) is 0.841. The van der Waals surface area contributed by atoms with Gasteiger partial charge in [0.1, 0.15) is 11.6 Å². The topological polar surface area (TPSA) is 76.1 Å². The highest BCUT2D eigenvalue weighted by Gasteiger charge is 2.30. The van der Waals surface area contributed by atoms with E-state index in [4.69, 9.17) is 4.74 Å². The van der Waals surface area contributed by atoms with Gasteiger partial charge in [-0.15, -0.1) is 0 Å². The van der Waals surface area contributed by atoms with Crippen molar-refractivity contribution in [2.45, 2.75) is 13.1 Å². The number of anilines is 2. The number of hydrogen-bond donors (Lipinski definition) is 2. The van der Waals surface area contributed by atoms with Gasteiger partial charge in [0.2, 0.25) is 5.88 Å². The quantitative estimate of drug-likeness (QED) is 0.328. The number of halogens is 3. The molecule has 0 unspecified atom stereocenters. The summed E-state index contributed by atoms with van der Waals surface area (Å²) in [6.07, 6.45) is -1.24. The molecular formula is C26H21F3N4O2. The lowest BCUT2D eigenvalue weighted by molar-refractivity contribution is -0.137. The summed E-state index contributed by atoms with van der Waals surface area (Å²) in [5.41, 5.74) is 1.74. The number of pyridine rings is 2. The molecule has 0 radical (unpaired) electrons. The molecule has 4 rings (SSSR count). The normalized spacial score (nSPS) is 11.1. The van der Waals surface area contributed by atoms with Crippen LogP contribution in [0.2, 0.25) is 0 Å². The van der Waals surface area contributed by atoms with E-state index in [1.165, 1.54) is 18.2 Å². The van der Waals surface area contributed by atoms with Crippen LogP contribution in [0.4, 0.5) is 24.7 Å². The zero-order valence-electron chi connectivity index (χ0n) is 18.9. The zero-order chi connectivity index (χ0) is 25.0. The van der Waals surface area contributed by atoms with Crippen molar-refractivity contribution in [1.29, 1.82) is 0 Å². The van der Waals surface area contributed by atoms with Crippen molar-refractivity contribution in [2.75, 3.05) is 17.7 Å². The third-order valence-corrected chi connectivity index (χ3v) is 5.20. The van der Waals surface area contributed by atoms with Crippen LogP contribution < -0.4 is 15.4 Å². The van der Waals surface area contributed by atoms with Crippen LogP contribution in [0, 0.1) is 6.92 Å². The summed E-state index contributed by atoms with van der Waals surface area (Å²) < 4.78 is 45.1. The largest absolute Gasteiger partial charge is 0.438 e. The molecule has 0 saturated heterocycles. The van der Waals surface area contributed by atoms with E-state index in [9.17, 15) is 18.0 Å². The standard InChI is InChI=1S/C26H21F3N4O2/c1-16-8-9-18(24(34)33-20-6-3-5-19(15-20)26(27,28)29)13-22(16)35-25-21(7-4-11-32-25)17-10-12-31-23(14-17)30-2/h3-15H,1-2H3,(H,30,31)(H,33,34). The second kappa shape index (κ2) is 9.84. The van der Waals surface area contributed by atoms with Crippen LogP contribution in [0.3, 0.4) is 0 Å². The molecule has 0 spiro atoms. The molecule has 9 heteroatoms. The average molecular weight is 478 g/mol. The number of benzene rings is 2. The fourth-order valence-corrected chi connectivity index (χ4v) is 3.36. The molecule has 1 amide bonds. The first-order valence-electron chi connectivity index (χ1n) is 10.6. The number of hydrogen-bond acceptors (Lipinski definition) is 5. The van der Waals surface area contributed by atoms with Gasteiger partial charge < -0.3 is 15.4 Å². The Morgan fingerprint density at radius 3 is 2.54 bits per heavy atom. The minimum Gasteiger partial charge on any atom is -0.438 e. The fraction of sp³-hybridized carbons (Fsp3) is 0.115. The molecule has 2 aromatic heterocycles. The number of aryl methyl sites for hydroxylation is 1. The zero-order valence-corrected chi connectivity index (χ0v) is 18.9. The molecule has 0 aliphatic heterocycles. The van der Waals surface area contributed by atoms with Gasteiger partial charge in [0.25, 0.3) is 5.91 Å². The van der Waals surface area contributed by atoms with E-state index in [1.807, 2.05) is 25.1 Å². The predicted octanol–water partition coefficient (Wildman–Crippen LogP) is 6.56. The number of nitrogens with one attached hydrogen (secondary N) is 2. The van der Waals surface area contributed by atoms with Crippen molar-refractivity contribution < 1.29 is 22.7 Å². The summed E-state index contributed by atoms with van der Waals surface area (Å²) in [6, 6.07) is 16.6. The Labute approximate surface area is 199 Å². The number of ether oxygens (including phenoxy) is 1. The molecule has 2 heterocycles. The van der Waals surface area contributed by atoms with Gasteiger partial charge in [0.05, 0.1) is 5.56 Å². The highest BCUT2D eigenvalue weighted by Crippen LogP contribution is 2.34.